The molecule has 0 spiro atoms. The lowest BCUT2D eigenvalue weighted by Gasteiger charge is -2.11. The molecule has 4 nitrogen and oxygen atoms in total. The van der Waals surface area contributed by atoms with Crippen molar-refractivity contribution in [2.75, 3.05) is 10.6 Å². The molecule has 3 rings (SSSR count). The van der Waals surface area contributed by atoms with Crippen molar-refractivity contribution in [3.05, 3.63) is 77.0 Å². The molecule has 6 heteroatoms. The summed E-state index contributed by atoms with van der Waals surface area (Å²) >= 11 is 0. The number of aromatic nitrogens is 2. The number of aryl methyl sites for hydroxylation is 2. The fraction of sp³-hybridized carbons (Fsp3) is 0.158. The summed E-state index contributed by atoms with van der Waals surface area (Å²) in [6, 6.07) is 13.1. The number of rotatable bonds is 5. The van der Waals surface area contributed by atoms with Gasteiger partial charge in [0.15, 0.2) is 0 Å². The van der Waals surface area contributed by atoms with Gasteiger partial charge in [-0.1, -0.05) is 24.3 Å². The van der Waals surface area contributed by atoms with Gasteiger partial charge >= 0.3 is 0 Å². The van der Waals surface area contributed by atoms with Gasteiger partial charge in [0.2, 0.25) is 5.95 Å². The summed E-state index contributed by atoms with van der Waals surface area (Å²) in [5.74, 6) is -0.424. The summed E-state index contributed by atoms with van der Waals surface area (Å²) in [6.45, 7) is 4.45. The first kappa shape index (κ1) is 16.8. The third-order valence-corrected chi connectivity index (χ3v) is 3.75. The van der Waals surface area contributed by atoms with E-state index in [4.69, 9.17) is 0 Å². The molecule has 0 aliphatic heterocycles. The molecule has 0 saturated heterocycles. The van der Waals surface area contributed by atoms with E-state index in [0.29, 0.717) is 18.3 Å². The topological polar surface area (TPSA) is 49.8 Å². The fourth-order valence-corrected chi connectivity index (χ4v) is 2.42. The first-order valence-electron chi connectivity index (χ1n) is 7.87. The Morgan fingerprint density at radius 1 is 0.960 bits per heavy atom. The molecule has 0 atom stereocenters. The second kappa shape index (κ2) is 7.25. The highest BCUT2D eigenvalue weighted by molar-refractivity contribution is 5.58. The van der Waals surface area contributed by atoms with Gasteiger partial charge in [-0.05, 0) is 37.1 Å². The number of hydrogen-bond acceptors (Lipinski definition) is 4. The second-order valence-corrected chi connectivity index (χ2v) is 5.75. The molecule has 0 bridgehead atoms. The van der Waals surface area contributed by atoms with Crippen LogP contribution in [0.3, 0.4) is 0 Å². The fourth-order valence-electron chi connectivity index (χ4n) is 2.42. The minimum absolute atomic E-state index is 0.157. The predicted molar refractivity (Wildman–Crippen MR) is 94.9 cm³/mol. The van der Waals surface area contributed by atoms with Crippen molar-refractivity contribution in [2.45, 2.75) is 20.4 Å². The van der Waals surface area contributed by atoms with E-state index in [1.165, 1.54) is 17.7 Å². The minimum atomic E-state index is -0.675. The number of hydrogen-bond donors (Lipinski definition) is 2. The molecule has 1 aromatic heterocycles. The lowest BCUT2D eigenvalue weighted by atomic mass is 10.1. The van der Waals surface area contributed by atoms with Crippen LogP contribution in [0, 0.1) is 25.5 Å². The zero-order valence-corrected chi connectivity index (χ0v) is 14.0. The molecule has 2 aromatic carbocycles. The average molecular weight is 340 g/mol. The summed E-state index contributed by atoms with van der Waals surface area (Å²) in [7, 11) is 0. The Morgan fingerprint density at radius 3 is 2.52 bits per heavy atom. The van der Waals surface area contributed by atoms with Gasteiger partial charge in [-0.25, -0.2) is 13.8 Å². The van der Waals surface area contributed by atoms with Crippen LogP contribution in [0.4, 0.5) is 26.2 Å². The van der Waals surface area contributed by atoms with Gasteiger partial charge in [0, 0.05) is 24.4 Å². The number of halogens is 2. The normalized spacial score (nSPS) is 10.6. The highest BCUT2D eigenvalue weighted by atomic mass is 19.1. The van der Waals surface area contributed by atoms with E-state index in [9.17, 15) is 8.78 Å². The van der Waals surface area contributed by atoms with Crippen LogP contribution in [0.5, 0.6) is 0 Å². The van der Waals surface area contributed by atoms with Gasteiger partial charge in [0.1, 0.15) is 17.5 Å². The van der Waals surface area contributed by atoms with E-state index in [0.717, 1.165) is 17.3 Å². The third-order valence-electron chi connectivity index (χ3n) is 3.75. The van der Waals surface area contributed by atoms with E-state index < -0.39 is 11.6 Å². The summed E-state index contributed by atoms with van der Waals surface area (Å²) in [5, 5.41) is 6.03. The summed E-state index contributed by atoms with van der Waals surface area (Å²) in [6.07, 6.45) is 0. The quantitative estimate of drug-likeness (QED) is 0.705. The Morgan fingerprint density at radius 2 is 1.76 bits per heavy atom. The third kappa shape index (κ3) is 4.29. The molecule has 128 valence electrons. The average Bonchev–Trinajstić information content (AvgIpc) is 2.56. The Hall–Kier alpha value is -3.02. The van der Waals surface area contributed by atoms with Crippen molar-refractivity contribution < 1.29 is 8.78 Å². The summed E-state index contributed by atoms with van der Waals surface area (Å²) < 4.78 is 26.8. The monoisotopic (exact) mass is 340 g/mol. The van der Waals surface area contributed by atoms with Crippen LogP contribution in [-0.2, 0) is 6.54 Å². The van der Waals surface area contributed by atoms with Gasteiger partial charge < -0.3 is 10.6 Å². The van der Waals surface area contributed by atoms with Gasteiger partial charge in [0.05, 0.1) is 5.69 Å². The summed E-state index contributed by atoms with van der Waals surface area (Å²) in [4.78, 5) is 8.68. The van der Waals surface area contributed by atoms with Crippen LogP contribution in [0.25, 0.3) is 0 Å². The van der Waals surface area contributed by atoms with Crippen molar-refractivity contribution >= 4 is 17.5 Å². The summed E-state index contributed by atoms with van der Waals surface area (Å²) in [5.41, 5.74) is 3.21. The standard InChI is InChI=1S/C19H18F2N4/c1-12-5-3-4-6-14(12)11-22-19-23-13(2)9-18(25-19)24-17-8-7-15(20)10-16(17)21/h3-10H,11H2,1-2H3,(H2,22,23,24,25). The molecule has 25 heavy (non-hydrogen) atoms. The first-order valence-corrected chi connectivity index (χ1v) is 7.87. The van der Waals surface area contributed by atoms with Crippen LogP contribution >= 0.6 is 0 Å². The second-order valence-electron chi connectivity index (χ2n) is 5.75. The maximum Gasteiger partial charge on any atom is 0.225 e. The van der Waals surface area contributed by atoms with E-state index in [1.807, 2.05) is 38.1 Å². The number of nitrogens with one attached hydrogen (secondary N) is 2. The van der Waals surface area contributed by atoms with Crippen LogP contribution in [0.1, 0.15) is 16.8 Å². The molecule has 0 aliphatic carbocycles. The first-order chi connectivity index (χ1) is 12.0. The molecule has 0 unspecified atom stereocenters. The molecule has 1 heterocycles. The lowest BCUT2D eigenvalue weighted by Crippen LogP contribution is -2.07. The molecule has 0 amide bonds. The highest BCUT2D eigenvalue weighted by Gasteiger charge is 2.07. The zero-order chi connectivity index (χ0) is 17.8. The molecular weight excluding hydrogens is 322 g/mol. The maximum atomic E-state index is 13.8. The van der Waals surface area contributed by atoms with Gasteiger partial charge in [-0.2, -0.15) is 4.98 Å². The smallest absolute Gasteiger partial charge is 0.225 e. The van der Waals surface area contributed by atoms with Gasteiger partial charge in [0.25, 0.3) is 0 Å². The van der Waals surface area contributed by atoms with Crippen molar-refractivity contribution in [1.82, 2.24) is 9.97 Å². The van der Waals surface area contributed by atoms with Crippen molar-refractivity contribution in [3.63, 3.8) is 0 Å². The van der Waals surface area contributed by atoms with E-state index >= 15 is 0 Å². The number of nitrogens with zero attached hydrogens (tertiary/aromatic N) is 2. The van der Waals surface area contributed by atoms with Crippen molar-refractivity contribution in [2.24, 2.45) is 0 Å². The zero-order valence-electron chi connectivity index (χ0n) is 14.0. The molecule has 2 N–H and O–H groups in total. The lowest BCUT2D eigenvalue weighted by molar-refractivity contribution is 0.586. The molecule has 0 aliphatic rings. The Balaban J connectivity index is 1.77. The molecule has 3 aromatic rings. The number of benzene rings is 2. The molecular formula is C19H18F2N4. The van der Waals surface area contributed by atoms with Gasteiger partial charge in [-0.15, -0.1) is 0 Å². The molecule has 0 fully saturated rings. The SMILES string of the molecule is Cc1cc(Nc2ccc(F)cc2F)nc(NCc2ccccc2C)n1. The van der Waals surface area contributed by atoms with Crippen molar-refractivity contribution in [1.29, 1.82) is 0 Å². The van der Waals surface area contributed by atoms with Crippen molar-refractivity contribution in [3.8, 4) is 0 Å². The van der Waals surface area contributed by atoms with Crippen LogP contribution in [0.2, 0.25) is 0 Å². The van der Waals surface area contributed by atoms with Crippen LogP contribution in [0.15, 0.2) is 48.5 Å². The minimum Gasteiger partial charge on any atom is -0.350 e. The Labute approximate surface area is 145 Å². The Bertz CT molecular complexity index is 896. The molecule has 0 radical (unpaired) electrons. The van der Waals surface area contributed by atoms with Gasteiger partial charge in [-0.3, -0.25) is 0 Å². The van der Waals surface area contributed by atoms with E-state index in [1.54, 1.807) is 6.07 Å². The van der Waals surface area contributed by atoms with Crippen LogP contribution in [-0.4, -0.2) is 9.97 Å². The predicted octanol–water partition coefficient (Wildman–Crippen LogP) is 4.73. The van der Waals surface area contributed by atoms with E-state index in [-0.39, 0.29) is 5.69 Å². The highest BCUT2D eigenvalue weighted by Crippen LogP contribution is 2.21. The maximum absolute atomic E-state index is 13.8. The van der Waals surface area contributed by atoms with Crippen LogP contribution < -0.4 is 10.6 Å². The number of anilines is 3. The van der Waals surface area contributed by atoms with E-state index in [2.05, 4.69) is 20.6 Å². The Kier molecular flexibility index (Phi) is 4.88. The molecule has 0 saturated carbocycles. The largest absolute Gasteiger partial charge is 0.350 e.